The van der Waals surface area contributed by atoms with Gasteiger partial charge in [0.05, 0.1) is 19.2 Å². The first-order valence-electron chi connectivity index (χ1n) is 14.9. The predicted octanol–water partition coefficient (Wildman–Crippen LogP) is 8.31. The average Bonchev–Trinajstić information content (AvgIpc) is 3.49. The molecule has 1 N–H and O–H groups in total. The van der Waals surface area contributed by atoms with Crippen LogP contribution < -0.4 is 4.74 Å². The summed E-state index contributed by atoms with van der Waals surface area (Å²) >= 11 is 0. The number of aryl methyl sites for hydroxylation is 1. The van der Waals surface area contributed by atoms with Crippen LogP contribution in [0.15, 0.2) is 42.6 Å². The molecule has 5 rings (SSSR count). The Kier molecular flexibility index (Phi) is 7.94. The summed E-state index contributed by atoms with van der Waals surface area (Å²) < 4.78 is 13.4. The summed E-state index contributed by atoms with van der Waals surface area (Å²) in [6.07, 6.45) is 4.24. The number of fused-ring (bicyclic) bond motifs is 1. The van der Waals surface area contributed by atoms with Gasteiger partial charge in [0.2, 0.25) is 5.69 Å². The fourth-order valence-electron chi connectivity index (χ4n) is 6.53. The van der Waals surface area contributed by atoms with E-state index >= 15 is 0 Å². The van der Waals surface area contributed by atoms with Gasteiger partial charge in [0.25, 0.3) is 0 Å². The van der Waals surface area contributed by atoms with Crippen LogP contribution in [0.3, 0.4) is 0 Å². The van der Waals surface area contributed by atoms with E-state index in [-0.39, 0.29) is 34.6 Å². The van der Waals surface area contributed by atoms with Gasteiger partial charge in [0, 0.05) is 6.20 Å². The molecule has 1 aliphatic carbocycles. The number of H-pyrrole nitrogens is 1. The summed E-state index contributed by atoms with van der Waals surface area (Å²) in [4.78, 5) is 22.0. The Morgan fingerprint density at radius 3 is 2.48 bits per heavy atom. The molecule has 2 atom stereocenters. The highest BCUT2D eigenvalue weighted by Gasteiger charge is 2.35. The van der Waals surface area contributed by atoms with E-state index in [1.165, 1.54) is 16.7 Å². The second-order valence-electron chi connectivity index (χ2n) is 13.3. The fourth-order valence-corrected chi connectivity index (χ4v) is 6.53. The van der Waals surface area contributed by atoms with Gasteiger partial charge in [0.15, 0.2) is 11.5 Å². The van der Waals surface area contributed by atoms with Crippen molar-refractivity contribution in [2.24, 2.45) is 17.8 Å². The van der Waals surface area contributed by atoms with Crippen LogP contribution in [0.25, 0.3) is 21.9 Å². The van der Waals surface area contributed by atoms with Gasteiger partial charge < -0.3 is 9.47 Å². The number of ether oxygens (including phenoxy) is 2. The molecular formula is C35H42N4O3. The minimum absolute atomic E-state index is 0.0675. The summed E-state index contributed by atoms with van der Waals surface area (Å²) in [7, 11) is 1.64. The summed E-state index contributed by atoms with van der Waals surface area (Å²) in [5.41, 5.74) is 6.62. The number of nitrogens with one attached hydrogen (secondary N) is 1. The molecular weight excluding hydrogens is 524 g/mol. The Morgan fingerprint density at radius 2 is 1.83 bits per heavy atom. The van der Waals surface area contributed by atoms with Gasteiger partial charge in [-0.3, -0.25) is 9.61 Å². The molecule has 2 aromatic carbocycles. The topological polar surface area (TPSA) is 73.0 Å². The minimum atomic E-state index is -0.491. The lowest BCUT2D eigenvalue weighted by Gasteiger charge is -2.37. The lowest BCUT2D eigenvalue weighted by atomic mass is 9.75. The Hall–Kier alpha value is -4.05. The van der Waals surface area contributed by atoms with Gasteiger partial charge in [0.1, 0.15) is 17.4 Å². The Balaban J connectivity index is 1.49. The molecule has 2 heterocycles. The standard InChI is InChI=1S/C35H42N4O3/c1-20-14-22(3)31(23(4)15-20)42-34(40)30-28(36-8)19-39-33(30)37-32(38-39)27-17-24(11-13-29(27)41-9)16-25-18-26(35(5,6)7)12-10-21(25)2/h10-13,17-20,22-23,31H,14-16H2,1-7,9H3,(H,37,38). The molecule has 0 bridgehead atoms. The molecule has 2 aromatic heterocycles. The first-order valence-corrected chi connectivity index (χ1v) is 14.9. The maximum atomic E-state index is 13.5. The molecule has 7 nitrogen and oxygen atoms in total. The predicted molar refractivity (Wildman–Crippen MR) is 166 cm³/mol. The number of hydrogen-bond donors (Lipinski definition) is 1. The first-order chi connectivity index (χ1) is 19.9. The molecule has 220 valence electrons. The van der Waals surface area contributed by atoms with Crippen molar-refractivity contribution >= 4 is 17.3 Å². The molecule has 0 saturated heterocycles. The van der Waals surface area contributed by atoms with E-state index in [9.17, 15) is 4.79 Å². The number of nitrogens with zero attached hydrogens (tertiary/aromatic N) is 3. The van der Waals surface area contributed by atoms with Crippen molar-refractivity contribution in [1.82, 2.24) is 14.6 Å². The van der Waals surface area contributed by atoms with E-state index in [1.54, 1.807) is 17.8 Å². The third kappa shape index (κ3) is 5.68. The third-order valence-electron chi connectivity index (χ3n) is 8.77. The van der Waals surface area contributed by atoms with Crippen molar-refractivity contribution in [2.45, 2.75) is 79.2 Å². The molecule has 1 aliphatic rings. The molecule has 0 aliphatic heterocycles. The SMILES string of the molecule is [C-]#[N+]c1cn2[nH]c(-c3cc(Cc4cc(C(C)(C)C)ccc4C)ccc3OC)nc2c1C(=O)OC1C(C)CC(C)CC1C. The van der Waals surface area contributed by atoms with Crippen LogP contribution in [0.2, 0.25) is 0 Å². The van der Waals surface area contributed by atoms with Crippen molar-refractivity contribution in [3.8, 4) is 17.1 Å². The largest absolute Gasteiger partial charge is 0.496 e. The highest BCUT2D eigenvalue weighted by molar-refractivity contribution is 6.03. The molecule has 0 radical (unpaired) electrons. The Morgan fingerprint density at radius 1 is 1.12 bits per heavy atom. The number of carbonyl (C=O) groups is 1. The van der Waals surface area contributed by atoms with Crippen molar-refractivity contribution < 1.29 is 14.3 Å². The van der Waals surface area contributed by atoms with E-state index in [4.69, 9.17) is 21.0 Å². The monoisotopic (exact) mass is 566 g/mol. The van der Waals surface area contributed by atoms with Gasteiger partial charge >= 0.3 is 5.97 Å². The zero-order chi connectivity index (χ0) is 30.3. The van der Waals surface area contributed by atoms with Gasteiger partial charge in [-0.25, -0.2) is 14.6 Å². The van der Waals surface area contributed by atoms with E-state index in [2.05, 4.69) is 88.7 Å². The maximum Gasteiger partial charge on any atom is 0.331 e. The van der Waals surface area contributed by atoms with Crippen LogP contribution in [0.1, 0.15) is 87.0 Å². The van der Waals surface area contributed by atoms with Crippen LogP contribution in [0.4, 0.5) is 5.69 Å². The van der Waals surface area contributed by atoms with E-state index in [0.29, 0.717) is 23.1 Å². The summed E-state index contributed by atoms with van der Waals surface area (Å²) in [6.45, 7) is 23.1. The highest BCUT2D eigenvalue weighted by Crippen LogP contribution is 2.37. The van der Waals surface area contributed by atoms with Crippen LogP contribution in [0.5, 0.6) is 5.75 Å². The molecule has 0 amide bonds. The number of rotatable bonds is 6. The normalized spacial score (nSPS) is 20.8. The van der Waals surface area contributed by atoms with Crippen molar-refractivity contribution in [2.75, 3.05) is 7.11 Å². The van der Waals surface area contributed by atoms with Crippen molar-refractivity contribution in [3.63, 3.8) is 0 Å². The molecule has 1 fully saturated rings. The zero-order valence-electron chi connectivity index (χ0n) is 26.0. The molecule has 4 aromatic rings. The lowest BCUT2D eigenvalue weighted by molar-refractivity contribution is -0.0249. The van der Waals surface area contributed by atoms with Crippen LogP contribution in [0, 0.1) is 31.2 Å². The fraction of sp³-hybridized carbons (Fsp3) is 0.457. The Bertz CT molecular complexity index is 1650. The molecule has 7 heteroatoms. The molecule has 42 heavy (non-hydrogen) atoms. The number of aromatic amines is 1. The average molecular weight is 567 g/mol. The van der Waals surface area contributed by atoms with Crippen LogP contribution in [-0.4, -0.2) is 33.8 Å². The number of benzene rings is 2. The maximum absolute atomic E-state index is 13.5. The number of methoxy groups -OCH3 is 1. The Labute approximate surface area is 249 Å². The number of hydrogen-bond acceptors (Lipinski definition) is 4. The van der Waals surface area contributed by atoms with Crippen LogP contribution >= 0.6 is 0 Å². The smallest absolute Gasteiger partial charge is 0.331 e. The van der Waals surface area contributed by atoms with Gasteiger partial charge in [-0.05, 0) is 83.7 Å². The summed E-state index contributed by atoms with van der Waals surface area (Å²) in [5.74, 6) is 1.87. The summed E-state index contributed by atoms with van der Waals surface area (Å²) in [5, 5.41) is 3.27. The van der Waals surface area contributed by atoms with Crippen molar-refractivity contribution in [3.05, 3.63) is 81.8 Å². The second-order valence-corrected chi connectivity index (χ2v) is 13.3. The molecule has 1 saturated carbocycles. The van der Waals surface area contributed by atoms with E-state index in [0.717, 1.165) is 30.4 Å². The molecule has 2 unspecified atom stereocenters. The first kappa shape index (κ1) is 29.4. The number of esters is 1. The van der Waals surface area contributed by atoms with E-state index in [1.807, 2.05) is 6.07 Å². The van der Waals surface area contributed by atoms with Crippen LogP contribution in [-0.2, 0) is 16.6 Å². The second kappa shape index (κ2) is 11.3. The van der Waals surface area contributed by atoms with Crippen molar-refractivity contribution in [1.29, 1.82) is 0 Å². The lowest BCUT2D eigenvalue weighted by Crippen LogP contribution is -2.37. The van der Waals surface area contributed by atoms with E-state index < -0.39 is 5.97 Å². The number of carbonyl (C=O) groups excluding carboxylic acids is 1. The third-order valence-corrected chi connectivity index (χ3v) is 8.77. The summed E-state index contributed by atoms with van der Waals surface area (Å²) in [6, 6.07) is 12.8. The quantitative estimate of drug-likeness (QED) is 0.188. The van der Waals surface area contributed by atoms with Gasteiger partial charge in [-0.1, -0.05) is 65.8 Å². The molecule has 0 spiro atoms. The highest BCUT2D eigenvalue weighted by atomic mass is 16.5. The van der Waals surface area contributed by atoms with Gasteiger partial charge in [-0.2, -0.15) is 0 Å². The van der Waals surface area contributed by atoms with Gasteiger partial charge in [-0.15, -0.1) is 0 Å². The minimum Gasteiger partial charge on any atom is -0.496 e. The number of aromatic nitrogens is 3. The zero-order valence-corrected chi connectivity index (χ0v) is 26.0.